The molecule has 0 radical (unpaired) electrons. The zero-order valence-corrected chi connectivity index (χ0v) is 7.19. The minimum atomic E-state index is 0.782. The molecule has 0 aliphatic heterocycles. The van der Waals surface area contributed by atoms with Crippen LogP contribution in [0.4, 0.5) is 0 Å². The number of hydrogen-bond acceptors (Lipinski definition) is 2. The van der Waals surface area contributed by atoms with Crippen LogP contribution in [0.3, 0.4) is 0 Å². The lowest BCUT2D eigenvalue weighted by molar-refractivity contribution is 0.445. The van der Waals surface area contributed by atoms with Gasteiger partial charge in [-0.25, -0.2) is 0 Å². The van der Waals surface area contributed by atoms with Crippen LogP contribution < -0.4 is 11.1 Å². The van der Waals surface area contributed by atoms with E-state index in [0.717, 1.165) is 32.0 Å². The molecule has 0 aromatic heterocycles. The molecule has 0 aliphatic carbocycles. The van der Waals surface area contributed by atoms with Crippen molar-refractivity contribution >= 4 is 0 Å². The summed E-state index contributed by atoms with van der Waals surface area (Å²) < 4.78 is 0. The van der Waals surface area contributed by atoms with Crippen LogP contribution in [0.5, 0.6) is 0 Å². The van der Waals surface area contributed by atoms with E-state index in [-0.39, 0.29) is 0 Å². The molecule has 1 atom stereocenters. The van der Waals surface area contributed by atoms with Crippen molar-refractivity contribution < 1.29 is 0 Å². The van der Waals surface area contributed by atoms with E-state index < -0.39 is 0 Å². The second-order valence-electron chi connectivity index (χ2n) is 2.66. The zero-order valence-electron chi connectivity index (χ0n) is 7.19. The third-order valence-corrected chi connectivity index (χ3v) is 1.84. The van der Waals surface area contributed by atoms with Gasteiger partial charge < -0.3 is 11.1 Å². The smallest absolute Gasteiger partial charge is 0.00203 e. The van der Waals surface area contributed by atoms with Gasteiger partial charge in [0.2, 0.25) is 0 Å². The van der Waals surface area contributed by atoms with Gasteiger partial charge in [0.15, 0.2) is 0 Å². The topological polar surface area (TPSA) is 38.0 Å². The third kappa shape index (κ3) is 4.77. The summed E-state index contributed by atoms with van der Waals surface area (Å²) >= 11 is 0. The molecule has 0 fully saturated rings. The van der Waals surface area contributed by atoms with Crippen molar-refractivity contribution in [2.75, 3.05) is 19.6 Å². The van der Waals surface area contributed by atoms with E-state index in [4.69, 9.17) is 5.73 Å². The lowest BCUT2D eigenvalue weighted by atomic mass is 10.0. The van der Waals surface area contributed by atoms with Crippen molar-refractivity contribution in [3.63, 3.8) is 0 Å². The van der Waals surface area contributed by atoms with Crippen LogP contribution in [0.1, 0.15) is 26.7 Å². The molecule has 0 heterocycles. The summed E-state index contributed by atoms with van der Waals surface area (Å²) in [6.45, 7) is 7.38. The fourth-order valence-corrected chi connectivity index (χ4v) is 1.03. The molecule has 0 saturated heterocycles. The van der Waals surface area contributed by atoms with Crippen LogP contribution in [0.25, 0.3) is 0 Å². The van der Waals surface area contributed by atoms with Crippen molar-refractivity contribution in [3.05, 3.63) is 0 Å². The first-order valence-electron chi connectivity index (χ1n) is 4.25. The van der Waals surface area contributed by atoms with Gasteiger partial charge in [-0.15, -0.1) is 0 Å². The van der Waals surface area contributed by atoms with E-state index in [1.165, 1.54) is 6.42 Å². The van der Waals surface area contributed by atoms with Crippen LogP contribution in [0.15, 0.2) is 0 Å². The summed E-state index contributed by atoms with van der Waals surface area (Å²) in [6, 6.07) is 0. The molecule has 2 heteroatoms. The first kappa shape index (κ1) is 9.92. The standard InChI is InChI=1S/C8H20N2/c1-3-8(5-6-9)7-10-4-2/h8,10H,3-7,9H2,1-2H3. The summed E-state index contributed by atoms with van der Waals surface area (Å²) in [5, 5.41) is 3.33. The van der Waals surface area contributed by atoms with Gasteiger partial charge in [-0.3, -0.25) is 0 Å². The van der Waals surface area contributed by atoms with Crippen LogP contribution in [-0.2, 0) is 0 Å². The van der Waals surface area contributed by atoms with E-state index in [1.807, 2.05) is 0 Å². The van der Waals surface area contributed by atoms with E-state index in [0.29, 0.717) is 0 Å². The van der Waals surface area contributed by atoms with E-state index in [1.54, 1.807) is 0 Å². The molecular formula is C8H20N2. The summed E-state index contributed by atoms with van der Waals surface area (Å²) in [5.74, 6) is 0.782. The lowest BCUT2D eigenvalue weighted by Crippen LogP contribution is -2.23. The van der Waals surface area contributed by atoms with Crippen molar-refractivity contribution in [1.82, 2.24) is 5.32 Å². The van der Waals surface area contributed by atoms with E-state index in [9.17, 15) is 0 Å². The first-order chi connectivity index (χ1) is 4.85. The summed E-state index contributed by atoms with van der Waals surface area (Å²) in [7, 11) is 0. The zero-order chi connectivity index (χ0) is 7.82. The Labute approximate surface area is 64.2 Å². The van der Waals surface area contributed by atoms with Gasteiger partial charge in [0.05, 0.1) is 0 Å². The summed E-state index contributed by atoms with van der Waals surface area (Å²) in [5.41, 5.74) is 5.45. The van der Waals surface area contributed by atoms with Gasteiger partial charge in [0, 0.05) is 0 Å². The predicted molar refractivity (Wildman–Crippen MR) is 46.0 cm³/mol. The van der Waals surface area contributed by atoms with Gasteiger partial charge in [0.25, 0.3) is 0 Å². The number of nitrogens with one attached hydrogen (secondary N) is 1. The Morgan fingerprint density at radius 3 is 2.50 bits per heavy atom. The average molecular weight is 144 g/mol. The lowest BCUT2D eigenvalue weighted by Gasteiger charge is -2.12. The minimum absolute atomic E-state index is 0.782. The first-order valence-corrected chi connectivity index (χ1v) is 4.25. The van der Waals surface area contributed by atoms with Crippen molar-refractivity contribution in [1.29, 1.82) is 0 Å². The van der Waals surface area contributed by atoms with E-state index >= 15 is 0 Å². The van der Waals surface area contributed by atoms with Crippen molar-refractivity contribution in [3.8, 4) is 0 Å². The number of nitrogens with two attached hydrogens (primary N) is 1. The molecule has 0 amide bonds. The molecule has 2 nitrogen and oxygen atoms in total. The maximum Gasteiger partial charge on any atom is -0.00203 e. The molecule has 10 heavy (non-hydrogen) atoms. The van der Waals surface area contributed by atoms with Gasteiger partial charge in [-0.05, 0) is 32.0 Å². The normalized spacial score (nSPS) is 13.5. The van der Waals surface area contributed by atoms with Crippen molar-refractivity contribution in [2.45, 2.75) is 26.7 Å². The minimum Gasteiger partial charge on any atom is -0.330 e. The monoisotopic (exact) mass is 144 g/mol. The largest absolute Gasteiger partial charge is 0.330 e. The fraction of sp³-hybridized carbons (Fsp3) is 1.00. The Morgan fingerprint density at radius 1 is 1.40 bits per heavy atom. The molecule has 0 spiro atoms. The second-order valence-corrected chi connectivity index (χ2v) is 2.66. The molecule has 3 N–H and O–H groups in total. The Balaban J connectivity index is 3.21. The van der Waals surface area contributed by atoms with Crippen LogP contribution >= 0.6 is 0 Å². The summed E-state index contributed by atoms with van der Waals surface area (Å²) in [6.07, 6.45) is 2.40. The highest BCUT2D eigenvalue weighted by Gasteiger charge is 2.02. The van der Waals surface area contributed by atoms with Crippen molar-refractivity contribution in [2.24, 2.45) is 11.7 Å². The molecule has 1 unspecified atom stereocenters. The highest BCUT2D eigenvalue weighted by atomic mass is 14.8. The Kier molecular flexibility index (Phi) is 6.98. The highest BCUT2D eigenvalue weighted by Crippen LogP contribution is 2.04. The van der Waals surface area contributed by atoms with Gasteiger partial charge in [-0.2, -0.15) is 0 Å². The number of hydrogen-bond donors (Lipinski definition) is 2. The van der Waals surface area contributed by atoms with Crippen LogP contribution in [-0.4, -0.2) is 19.6 Å². The average Bonchev–Trinajstić information content (AvgIpc) is 1.98. The maximum atomic E-state index is 5.45. The maximum absolute atomic E-state index is 5.45. The number of rotatable bonds is 6. The van der Waals surface area contributed by atoms with E-state index in [2.05, 4.69) is 19.2 Å². The SMILES string of the molecule is CCNCC(CC)CCN. The van der Waals surface area contributed by atoms with Crippen LogP contribution in [0.2, 0.25) is 0 Å². The van der Waals surface area contributed by atoms with Gasteiger partial charge in [-0.1, -0.05) is 20.3 Å². The molecule has 0 saturated carbocycles. The molecule has 62 valence electrons. The molecular weight excluding hydrogens is 124 g/mol. The van der Waals surface area contributed by atoms with Gasteiger partial charge >= 0.3 is 0 Å². The molecule has 0 aromatic rings. The quantitative estimate of drug-likeness (QED) is 0.583. The fourth-order valence-electron chi connectivity index (χ4n) is 1.03. The molecule has 0 bridgehead atoms. The Hall–Kier alpha value is -0.0800. The molecule has 0 aliphatic rings. The Morgan fingerprint density at radius 2 is 2.10 bits per heavy atom. The molecule has 0 aromatic carbocycles. The second kappa shape index (κ2) is 7.03. The predicted octanol–water partition coefficient (Wildman–Crippen LogP) is 0.971. The highest BCUT2D eigenvalue weighted by molar-refractivity contribution is 4.59. The molecule has 0 rings (SSSR count). The van der Waals surface area contributed by atoms with Crippen LogP contribution in [0, 0.1) is 5.92 Å². The Bertz CT molecular complexity index is 64.3. The van der Waals surface area contributed by atoms with Gasteiger partial charge in [0.1, 0.15) is 0 Å². The third-order valence-electron chi connectivity index (χ3n) is 1.84. The summed E-state index contributed by atoms with van der Waals surface area (Å²) in [4.78, 5) is 0.